The monoisotopic (exact) mass is 310 g/mol. The number of esters is 1. The fourth-order valence-corrected chi connectivity index (χ4v) is 1.96. The molecule has 0 spiro atoms. The number of carbonyl (C=O) groups is 2. The van der Waals surface area contributed by atoms with Crippen molar-refractivity contribution in [3.8, 4) is 11.5 Å². The second-order valence-electron chi connectivity index (χ2n) is 4.64. The molecule has 0 radical (unpaired) electrons. The maximum atomic E-state index is 12.1. The zero-order valence-electron chi connectivity index (χ0n) is 13.3. The van der Waals surface area contributed by atoms with Gasteiger partial charge in [-0.2, -0.15) is 0 Å². The van der Waals surface area contributed by atoms with Crippen LogP contribution in [0.4, 0.5) is 5.69 Å². The first-order chi connectivity index (χ1) is 10.5. The van der Waals surface area contributed by atoms with Gasteiger partial charge < -0.3 is 25.3 Å². The first-order valence-corrected chi connectivity index (χ1v) is 6.89. The van der Waals surface area contributed by atoms with Gasteiger partial charge in [-0.1, -0.05) is 13.3 Å². The summed E-state index contributed by atoms with van der Waals surface area (Å²) in [4.78, 5) is 23.8. The Morgan fingerprint density at radius 2 is 1.91 bits per heavy atom. The highest BCUT2D eigenvalue weighted by molar-refractivity contribution is 5.99. The smallest absolute Gasteiger partial charge is 0.338 e. The SMILES string of the molecule is CCCC(N)C(=O)Nc1cc(C(=O)OC)cc(OC)c1OC. The summed E-state index contributed by atoms with van der Waals surface area (Å²) in [5, 5.41) is 2.66. The topological polar surface area (TPSA) is 99.9 Å². The number of amides is 1. The van der Waals surface area contributed by atoms with Crippen molar-refractivity contribution in [3.05, 3.63) is 17.7 Å². The average Bonchev–Trinajstić information content (AvgIpc) is 2.53. The van der Waals surface area contributed by atoms with Gasteiger partial charge in [0.15, 0.2) is 11.5 Å². The van der Waals surface area contributed by atoms with Gasteiger partial charge in [0.05, 0.1) is 38.6 Å². The molecule has 0 aliphatic carbocycles. The Labute approximate surface area is 129 Å². The van der Waals surface area contributed by atoms with Crippen molar-refractivity contribution >= 4 is 17.6 Å². The molecule has 0 aliphatic heterocycles. The van der Waals surface area contributed by atoms with Crippen molar-refractivity contribution in [1.82, 2.24) is 0 Å². The first kappa shape index (κ1) is 17.8. The Hall–Kier alpha value is -2.28. The van der Waals surface area contributed by atoms with E-state index in [1.54, 1.807) is 0 Å². The molecule has 7 nitrogen and oxygen atoms in total. The van der Waals surface area contributed by atoms with Crippen LogP contribution in [0.5, 0.6) is 11.5 Å². The molecule has 22 heavy (non-hydrogen) atoms. The van der Waals surface area contributed by atoms with E-state index in [-0.39, 0.29) is 11.5 Å². The summed E-state index contributed by atoms with van der Waals surface area (Å²) < 4.78 is 15.1. The molecule has 0 aromatic heterocycles. The maximum Gasteiger partial charge on any atom is 0.338 e. The molecule has 1 aromatic carbocycles. The lowest BCUT2D eigenvalue weighted by atomic mass is 10.1. The predicted octanol–water partition coefficient (Wildman–Crippen LogP) is 1.56. The third-order valence-electron chi connectivity index (χ3n) is 3.09. The molecule has 122 valence electrons. The maximum absolute atomic E-state index is 12.1. The fourth-order valence-electron chi connectivity index (χ4n) is 1.96. The summed E-state index contributed by atoms with van der Waals surface area (Å²) in [6.45, 7) is 1.94. The summed E-state index contributed by atoms with van der Waals surface area (Å²) in [7, 11) is 4.15. The van der Waals surface area contributed by atoms with Gasteiger partial charge in [-0.3, -0.25) is 4.79 Å². The van der Waals surface area contributed by atoms with E-state index in [1.807, 2.05) is 6.92 Å². The average molecular weight is 310 g/mol. The number of rotatable bonds is 7. The highest BCUT2D eigenvalue weighted by Crippen LogP contribution is 2.36. The Kier molecular flexibility index (Phi) is 6.65. The van der Waals surface area contributed by atoms with Crippen molar-refractivity contribution < 1.29 is 23.8 Å². The van der Waals surface area contributed by atoms with Crippen molar-refractivity contribution in [2.75, 3.05) is 26.6 Å². The van der Waals surface area contributed by atoms with E-state index >= 15 is 0 Å². The van der Waals surface area contributed by atoms with Gasteiger partial charge in [-0.05, 0) is 18.6 Å². The highest BCUT2D eigenvalue weighted by atomic mass is 16.5. The number of nitrogens with one attached hydrogen (secondary N) is 1. The van der Waals surface area contributed by atoms with Gasteiger partial charge in [0.2, 0.25) is 5.91 Å². The lowest BCUT2D eigenvalue weighted by Crippen LogP contribution is -2.35. The number of benzene rings is 1. The van der Waals surface area contributed by atoms with Gasteiger partial charge in [-0.25, -0.2) is 4.79 Å². The van der Waals surface area contributed by atoms with Crippen LogP contribution < -0.4 is 20.5 Å². The molecule has 7 heteroatoms. The van der Waals surface area contributed by atoms with Gasteiger partial charge in [0.1, 0.15) is 0 Å². The lowest BCUT2D eigenvalue weighted by molar-refractivity contribution is -0.117. The van der Waals surface area contributed by atoms with Gasteiger partial charge >= 0.3 is 5.97 Å². The van der Waals surface area contributed by atoms with Crippen molar-refractivity contribution in [2.24, 2.45) is 5.73 Å². The molecule has 1 aromatic rings. The zero-order chi connectivity index (χ0) is 16.7. The predicted molar refractivity (Wildman–Crippen MR) is 82.4 cm³/mol. The molecule has 1 unspecified atom stereocenters. The van der Waals surface area contributed by atoms with E-state index in [0.717, 1.165) is 6.42 Å². The van der Waals surface area contributed by atoms with Crippen molar-refractivity contribution in [2.45, 2.75) is 25.8 Å². The quantitative estimate of drug-likeness (QED) is 0.741. The number of carbonyl (C=O) groups excluding carboxylic acids is 2. The number of ether oxygens (including phenoxy) is 3. The van der Waals surface area contributed by atoms with Crippen molar-refractivity contribution in [3.63, 3.8) is 0 Å². The summed E-state index contributed by atoms with van der Waals surface area (Å²) in [5.74, 6) is -0.282. The number of hydrogen-bond donors (Lipinski definition) is 2. The first-order valence-electron chi connectivity index (χ1n) is 6.89. The third kappa shape index (κ3) is 4.11. The molecule has 0 heterocycles. The van der Waals surface area contributed by atoms with Crippen LogP contribution in [0.15, 0.2) is 12.1 Å². The molecule has 0 saturated heterocycles. The molecule has 1 rings (SSSR count). The summed E-state index contributed by atoms with van der Waals surface area (Å²) in [6, 6.07) is 2.30. The summed E-state index contributed by atoms with van der Waals surface area (Å²) in [6.07, 6.45) is 1.35. The molecular formula is C15H22N2O5. The van der Waals surface area contributed by atoms with E-state index < -0.39 is 12.0 Å². The molecule has 1 atom stereocenters. The molecule has 0 fully saturated rings. The van der Waals surface area contributed by atoms with Crippen LogP contribution in [0.1, 0.15) is 30.1 Å². The van der Waals surface area contributed by atoms with E-state index in [2.05, 4.69) is 10.1 Å². The minimum atomic E-state index is -0.637. The summed E-state index contributed by atoms with van der Waals surface area (Å²) >= 11 is 0. The van der Waals surface area contributed by atoms with E-state index in [0.29, 0.717) is 23.6 Å². The molecule has 0 bridgehead atoms. The molecule has 1 amide bonds. The summed E-state index contributed by atoms with van der Waals surface area (Å²) in [5.41, 5.74) is 6.33. The fraction of sp³-hybridized carbons (Fsp3) is 0.467. The largest absolute Gasteiger partial charge is 0.493 e. The van der Waals surface area contributed by atoms with Crippen LogP contribution in [-0.4, -0.2) is 39.2 Å². The van der Waals surface area contributed by atoms with E-state index in [1.165, 1.54) is 33.5 Å². The van der Waals surface area contributed by atoms with Crippen LogP contribution in [0.3, 0.4) is 0 Å². The Bertz CT molecular complexity index is 545. The van der Waals surface area contributed by atoms with Crippen LogP contribution in [0.25, 0.3) is 0 Å². The second kappa shape index (κ2) is 8.23. The van der Waals surface area contributed by atoms with E-state index in [9.17, 15) is 9.59 Å². The molecule has 0 aliphatic rings. The number of methoxy groups -OCH3 is 3. The Morgan fingerprint density at radius 1 is 1.23 bits per heavy atom. The Balaban J connectivity index is 3.20. The third-order valence-corrected chi connectivity index (χ3v) is 3.09. The van der Waals surface area contributed by atoms with Gasteiger partial charge in [0, 0.05) is 0 Å². The van der Waals surface area contributed by atoms with Crippen LogP contribution in [-0.2, 0) is 9.53 Å². The molecule has 0 saturated carbocycles. The lowest BCUT2D eigenvalue weighted by Gasteiger charge is -2.17. The minimum Gasteiger partial charge on any atom is -0.493 e. The van der Waals surface area contributed by atoms with Crippen LogP contribution in [0, 0.1) is 0 Å². The second-order valence-corrected chi connectivity index (χ2v) is 4.64. The van der Waals surface area contributed by atoms with Gasteiger partial charge in [0.25, 0.3) is 0 Å². The minimum absolute atomic E-state index is 0.236. The standard InChI is InChI=1S/C15H22N2O5/c1-5-6-10(16)14(18)17-11-7-9(15(19)22-4)8-12(20-2)13(11)21-3/h7-8,10H,5-6,16H2,1-4H3,(H,17,18). The highest BCUT2D eigenvalue weighted by Gasteiger charge is 2.20. The number of anilines is 1. The van der Waals surface area contributed by atoms with E-state index in [4.69, 9.17) is 15.2 Å². The van der Waals surface area contributed by atoms with Crippen molar-refractivity contribution in [1.29, 1.82) is 0 Å². The number of hydrogen-bond acceptors (Lipinski definition) is 6. The normalized spacial score (nSPS) is 11.5. The van der Waals surface area contributed by atoms with Crippen LogP contribution in [0.2, 0.25) is 0 Å². The number of nitrogens with two attached hydrogens (primary N) is 1. The zero-order valence-corrected chi connectivity index (χ0v) is 13.3. The molecule has 3 N–H and O–H groups in total. The molecular weight excluding hydrogens is 288 g/mol. The van der Waals surface area contributed by atoms with Crippen LogP contribution >= 0.6 is 0 Å². The Morgan fingerprint density at radius 3 is 2.41 bits per heavy atom. The van der Waals surface area contributed by atoms with Gasteiger partial charge in [-0.15, -0.1) is 0 Å².